The Kier molecular flexibility index (Phi) is 7.96. The third kappa shape index (κ3) is 6.84. The van der Waals surface area contributed by atoms with Crippen LogP contribution in [0.5, 0.6) is 0 Å². The molecule has 1 heterocycles. The molecule has 5 nitrogen and oxygen atoms in total. The van der Waals surface area contributed by atoms with Crippen LogP contribution in [0.3, 0.4) is 0 Å². The van der Waals surface area contributed by atoms with E-state index in [2.05, 4.69) is 25.4 Å². The fourth-order valence-electron chi connectivity index (χ4n) is 0.388. The molecular formula is C7H4BrN3O2VW-2. The molecule has 0 saturated carbocycles. The van der Waals surface area contributed by atoms with Crippen LogP contribution >= 0.6 is 15.9 Å². The van der Waals surface area contributed by atoms with Gasteiger partial charge < -0.3 is 0 Å². The summed E-state index contributed by atoms with van der Waals surface area (Å²) in [5.41, 5.74) is -0.370. The second-order valence-electron chi connectivity index (χ2n) is 1.99. The third-order valence-electron chi connectivity index (χ3n) is 1.02. The Balaban J connectivity index is 0.000000262. The number of imidazole rings is 1. The number of nitrogens with zero attached hydrogens (tertiary/aromatic N) is 3. The van der Waals surface area contributed by atoms with Crippen molar-refractivity contribution in [2.75, 3.05) is 0 Å². The van der Waals surface area contributed by atoms with E-state index in [-0.39, 0.29) is 8.83 Å². The molecule has 0 atom stereocenters. The predicted octanol–water partition coefficient (Wildman–Crippen LogP) is 0.566. The van der Waals surface area contributed by atoms with E-state index in [0.717, 1.165) is 0 Å². The van der Waals surface area contributed by atoms with E-state index in [1.807, 2.05) is 23.2 Å². The summed E-state index contributed by atoms with van der Waals surface area (Å²) in [6.45, 7) is 4.88. The molecule has 0 saturated heterocycles. The molecule has 0 aliphatic rings. The summed E-state index contributed by atoms with van der Waals surface area (Å²) in [6.07, 6.45) is 5.30. The van der Waals surface area contributed by atoms with E-state index < -0.39 is 4.92 Å². The molecule has 79 valence electrons. The number of aromatic nitrogens is 2. The van der Waals surface area contributed by atoms with E-state index in [4.69, 9.17) is 6.58 Å². The van der Waals surface area contributed by atoms with Gasteiger partial charge in [-0.3, -0.25) is 0 Å². The van der Waals surface area contributed by atoms with E-state index in [1.165, 1.54) is 19.4 Å². The van der Waals surface area contributed by atoms with Gasteiger partial charge in [-0.05, 0) is 0 Å². The molecule has 8 heteroatoms. The fourth-order valence-corrected chi connectivity index (χ4v) is 1.05. The SMILES string of the molecule is [CH-]=C([C](=[V])Br)[N+](=O)[O-].[W]=[C-]n1ccnc1. The van der Waals surface area contributed by atoms with Crippen LogP contribution in [0.25, 0.3) is 0 Å². The minimum atomic E-state index is -0.664. The molecular weight excluding hydrogens is 473 g/mol. The van der Waals surface area contributed by atoms with Crippen LogP contribution in [-0.4, -0.2) is 22.1 Å². The van der Waals surface area contributed by atoms with Crippen LogP contribution in [0.15, 0.2) is 24.4 Å². The first-order chi connectivity index (χ1) is 6.99. The molecule has 0 fully saturated rings. The Bertz CT molecular complexity index is 364. The Labute approximate surface area is 115 Å². The number of allylic oxidation sites excluding steroid dienone is 1. The quantitative estimate of drug-likeness (QED) is 0.364. The topological polar surface area (TPSA) is 61.0 Å². The fraction of sp³-hybridized carbons (Fsp3) is 0. The van der Waals surface area contributed by atoms with Crippen molar-refractivity contribution in [1.29, 1.82) is 0 Å². The van der Waals surface area contributed by atoms with Crippen molar-refractivity contribution in [3.8, 4) is 0 Å². The molecule has 1 aromatic heterocycles. The summed E-state index contributed by atoms with van der Waals surface area (Å²) >= 11 is 6.07. The predicted molar refractivity (Wildman–Crippen MR) is 51.4 cm³/mol. The van der Waals surface area contributed by atoms with Gasteiger partial charge in [0.05, 0.1) is 0 Å². The van der Waals surface area contributed by atoms with Crippen molar-refractivity contribution in [2.24, 2.45) is 0 Å². The standard InChI is InChI=1S/C4H3N2.C3HBrNO2.V.W/c1-6-3-2-5-4-6;1-3(2-4)5(6)7;;/h2-4H;1H;;/q2*-1;;. The molecule has 15 heavy (non-hydrogen) atoms. The van der Waals surface area contributed by atoms with Crippen LogP contribution < -0.4 is 0 Å². The van der Waals surface area contributed by atoms with Gasteiger partial charge in [-0.25, -0.2) is 0 Å². The monoisotopic (exact) mass is 476 g/mol. The van der Waals surface area contributed by atoms with Gasteiger partial charge in [0.25, 0.3) is 0 Å². The van der Waals surface area contributed by atoms with Crippen LogP contribution in [0, 0.1) is 16.7 Å². The summed E-state index contributed by atoms with van der Waals surface area (Å²) < 4.78 is 5.03. The third-order valence-corrected chi connectivity index (χ3v) is 2.54. The van der Waals surface area contributed by atoms with Gasteiger partial charge in [-0.1, -0.05) is 0 Å². The molecule has 1 rings (SSSR count). The summed E-state index contributed by atoms with van der Waals surface area (Å²) in [6, 6.07) is 0. The van der Waals surface area contributed by atoms with Crippen LogP contribution in [0.4, 0.5) is 0 Å². The zero-order chi connectivity index (χ0) is 11.8. The van der Waals surface area contributed by atoms with Gasteiger partial charge in [0.15, 0.2) is 0 Å². The number of halogens is 1. The van der Waals surface area contributed by atoms with Gasteiger partial charge in [0.1, 0.15) is 0 Å². The average molecular weight is 477 g/mol. The Morgan fingerprint density at radius 2 is 2.40 bits per heavy atom. The van der Waals surface area contributed by atoms with Gasteiger partial charge in [-0.15, -0.1) is 0 Å². The molecule has 0 unspecified atom stereocenters. The Hall–Kier alpha value is -0.157. The van der Waals surface area contributed by atoms with Gasteiger partial charge in [-0.2, -0.15) is 0 Å². The molecule has 0 aliphatic carbocycles. The zero-order valence-corrected chi connectivity index (χ0v) is 13.1. The van der Waals surface area contributed by atoms with E-state index in [0.29, 0.717) is 0 Å². The maximum absolute atomic E-state index is 9.72. The molecule has 1 aromatic rings. The summed E-state index contributed by atoms with van der Waals surface area (Å²) in [5, 5.41) is 9.72. The molecule has 0 bridgehead atoms. The van der Waals surface area contributed by atoms with E-state index in [1.54, 1.807) is 17.1 Å². The van der Waals surface area contributed by atoms with Gasteiger partial charge in [0, 0.05) is 0 Å². The number of rotatable bonds is 3. The first kappa shape index (κ1) is 14.8. The summed E-state index contributed by atoms with van der Waals surface area (Å²) in [5.74, 6) is 0. The van der Waals surface area contributed by atoms with Gasteiger partial charge in [0.2, 0.25) is 0 Å². The van der Waals surface area contributed by atoms with Crippen LogP contribution in [0.1, 0.15) is 0 Å². The van der Waals surface area contributed by atoms with Crippen molar-refractivity contribution < 1.29 is 41.3 Å². The van der Waals surface area contributed by atoms with Crippen molar-refractivity contribution >= 4 is 23.6 Å². The van der Waals surface area contributed by atoms with Crippen molar-refractivity contribution in [3.05, 3.63) is 41.1 Å². The molecule has 0 aromatic carbocycles. The minimum absolute atomic E-state index is 0.287. The second kappa shape index (κ2) is 8.05. The van der Waals surface area contributed by atoms with Crippen LogP contribution in [-0.2, 0) is 36.3 Å². The molecule has 0 aliphatic heterocycles. The number of hydrogen-bond donors (Lipinski definition) is 0. The van der Waals surface area contributed by atoms with Crippen molar-refractivity contribution in [3.63, 3.8) is 0 Å². The Morgan fingerprint density at radius 3 is 2.53 bits per heavy atom. The summed E-state index contributed by atoms with van der Waals surface area (Å²) in [7, 11) is 0. The first-order valence-corrected chi connectivity index (χ1v) is 6.29. The number of nitro groups is 1. The van der Waals surface area contributed by atoms with Crippen molar-refractivity contribution in [2.45, 2.75) is 0 Å². The first-order valence-electron chi connectivity index (χ1n) is 3.33. The normalized spacial score (nSPS) is 8.27. The molecule has 0 radical (unpaired) electrons. The molecule has 0 N–H and O–H groups in total. The average Bonchev–Trinajstić information content (AvgIpc) is 2.69. The second-order valence-corrected chi connectivity index (χ2v) is 5.12. The molecule has 0 amide bonds. The maximum atomic E-state index is 9.72. The Morgan fingerprint density at radius 1 is 1.80 bits per heavy atom. The van der Waals surface area contributed by atoms with Crippen molar-refractivity contribution in [1.82, 2.24) is 9.55 Å². The zero-order valence-electron chi connectivity index (χ0n) is 7.20. The van der Waals surface area contributed by atoms with E-state index >= 15 is 0 Å². The van der Waals surface area contributed by atoms with Gasteiger partial charge >= 0.3 is 116 Å². The van der Waals surface area contributed by atoms with Crippen LogP contribution in [0.2, 0.25) is 0 Å². The number of hydrogen-bond acceptors (Lipinski definition) is 3. The molecule has 0 spiro atoms. The summed E-state index contributed by atoms with van der Waals surface area (Å²) in [4.78, 5) is 12.9. The van der Waals surface area contributed by atoms with E-state index in [9.17, 15) is 10.1 Å².